The summed E-state index contributed by atoms with van der Waals surface area (Å²) in [5.41, 5.74) is 7.71. The van der Waals surface area contributed by atoms with Crippen molar-refractivity contribution in [3.8, 4) is 11.5 Å². The third-order valence-corrected chi connectivity index (χ3v) is 3.87. The molecule has 0 amide bonds. The van der Waals surface area contributed by atoms with E-state index in [0.717, 1.165) is 10.8 Å². The fourth-order valence-electron chi connectivity index (χ4n) is 2.64. The standard InChI is InChI=1S/C18H14N4O2/c1-10-18(23)22-16-15(8-9-20-17(16)21-10)24-14-7-6-13(19)11-4-2-3-5-12(11)14/h2-9H,19H2,1H3,(H,22,23). The van der Waals surface area contributed by atoms with Crippen LogP contribution in [0.2, 0.25) is 0 Å². The van der Waals surface area contributed by atoms with Crippen molar-refractivity contribution in [2.24, 2.45) is 0 Å². The highest BCUT2D eigenvalue weighted by Crippen LogP contribution is 2.34. The Morgan fingerprint density at radius 1 is 1.04 bits per heavy atom. The highest BCUT2D eigenvalue weighted by atomic mass is 16.5. The molecule has 0 atom stereocenters. The number of nitrogens with two attached hydrogens (primary N) is 1. The zero-order valence-electron chi connectivity index (χ0n) is 12.9. The van der Waals surface area contributed by atoms with Gasteiger partial charge in [-0.15, -0.1) is 0 Å². The number of aromatic nitrogens is 3. The van der Waals surface area contributed by atoms with Crippen LogP contribution in [0.3, 0.4) is 0 Å². The molecule has 0 aliphatic rings. The molecule has 0 spiro atoms. The number of pyridine rings is 1. The number of aryl methyl sites for hydroxylation is 1. The summed E-state index contributed by atoms with van der Waals surface area (Å²) < 4.78 is 6.05. The Kier molecular flexibility index (Phi) is 3.16. The summed E-state index contributed by atoms with van der Waals surface area (Å²) in [6.45, 7) is 1.64. The monoisotopic (exact) mass is 318 g/mol. The van der Waals surface area contributed by atoms with E-state index in [1.54, 1.807) is 25.3 Å². The number of rotatable bonds is 2. The van der Waals surface area contributed by atoms with E-state index in [2.05, 4.69) is 15.0 Å². The topological polar surface area (TPSA) is 93.9 Å². The van der Waals surface area contributed by atoms with E-state index in [-0.39, 0.29) is 5.56 Å². The Labute approximate surface area is 136 Å². The van der Waals surface area contributed by atoms with Gasteiger partial charge in [-0.1, -0.05) is 24.3 Å². The minimum absolute atomic E-state index is 0.262. The molecule has 0 radical (unpaired) electrons. The van der Waals surface area contributed by atoms with Gasteiger partial charge in [0, 0.05) is 28.7 Å². The smallest absolute Gasteiger partial charge is 0.270 e. The molecule has 4 aromatic rings. The van der Waals surface area contributed by atoms with E-state index < -0.39 is 0 Å². The molecule has 2 aromatic carbocycles. The number of H-pyrrole nitrogens is 1. The van der Waals surface area contributed by atoms with Crippen LogP contribution in [-0.2, 0) is 0 Å². The van der Waals surface area contributed by atoms with Crippen molar-refractivity contribution in [2.75, 3.05) is 5.73 Å². The number of nitrogens with one attached hydrogen (secondary N) is 1. The average Bonchev–Trinajstić information content (AvgIpc) is 2.59. The maximum absolute atomic E-state index is 11.9. The quantitative estimate of drug-likeness (QED) is 0.554. The minimum atomic E-state index is -0.262. The van der Waals surface area contributed by atoms with E-state index in [1.807, 2.05) is 30.3 Å². The molecule has 0 bridgehead atoms. The van der Waals surface area contributed by atoms with Gasteiger partial charge in [0.05, 0.1) is 0 Å². The fourth-order valence-corrected chi connectivity index (χ4v) is 2.64. The van der Waals surface area contributed by atoms with E-state index in [4.69, 9.17) is 10.5 Å². The molecule has 6 heteroatoms. The molecule has 0 aliphatic carbocycles. The second-order valence-electron chi connectivity index (χ2n) is 5.46. The van der Waals surface area contributed by atoms with Gasteiger partial charge in [0.25, 0.3) is 5.56 Å². The molecular formula is C18H14N4O2. The third kappa shape index (κ3) is 2.25. The van der Waals surface area contributed by atoms with E-state index in [9.17, 15) is 4.79 Å². The molecule has 0 saturated carbocycles. The SMILES string of the molecule is Cc1nc2nccc(Oc3ccc(N)c4ccccc34)c2[nH]c1=O. The Morgan fingerprint density at radius 3 is 2.67 bits per heavy atom. The van der Waals surface area contributed by atoms with Crippen LogP contribution in [0.1, 0.15) is 5.69 Å². The van der Waals surface area contributed by atoms with Gasteiger partial charge in [0.1, 0.15) is 17.0 Å². The molecule has 118 valence electrons. The van der Waals surface area contributed by atoms with Gasteiger partial charge in [-0.05, 0) is 19.1 Å². The number of fused-ring (bicyclic) bond motifs is 2. The summed E-state index contributed by atoms with van der Waals surface area (Å²) in [7, 11) is 0. The van der Waals surface area contributed by atoms with Gasteiger partial charge in [-0.25, -0.2) is 9.97 Å². The Balaban J connectivity index is 1.91. The molecule has 2 heterocycles. The zero-order chi connectivity index (χ0) is 16.7. The second kappa shape index (κ2) is 5.34. The molecular weight excluding hydrogens is 304 g/mol. The molecule has 0 unspecified atom stereocenters. The number of hydrogen-bond donors (Lipinski definition) is 2. The molecule has 0 aliphatic heterocycles. The highest BCUT2D eigenvalue weighted by molar-refractivity contribution is 5.97. The number of ether oxygens (including phenoxy) is 1. The van der Waals surface area contributed by atoms with Crippen molar-refractivity contribution < 1.29 is 4.74 Å². The van der Waals surface area contributed by atoms with E-state index in [0.29, 0.717) is 34.0 Å². The summed E-state index contributed by atoms with van der Waals surface area (Å²) in [5.74, 6) is 1.13. The second-order valence-corrected chi connectivity index (χ2v) is 5.46. The fraction of sp³-hybridized carbons (Fsp3) is 0.0556. The van der Waals surface area contributed by atoms with Crippen LogP contribution in [0.25, 0.3) is 21.9 Å². The molecule has 2 aromatic heterocycles. The van der Waals surface area contributed by atoms with Gasteiger partial charge in [-0.3, -0.25) is 4.79 Å². The predicted octanol–water partition coefficient (Wildman–Crippen LogP) is 3.15. The zero-order valence-corrected chi connectivity index (χ0v) is 12.9. The Hall–Kier alpha value is -3.41. The predicted molar refractivity (Wildman–Crippen MR) is 93.3 cm³/mol. The molecule has 0 saturated heterocycles. The van der Waals surface area contributed by atoms with Crippen LogP contribution in [0, 0.1) is 6.92 Å². The molecule has 4 rings (SSSR count). The van der Waals surface area contributed by atoms with Crippen molar-refractivity contribution in [3.05, 3.63) is 64.7 Å². The summed E-state index contributed by atoms with van der Waals surface area (Å²) in [4.78, 5) is 23.0. The van der Waals surface area contributed by atoms with Crippen LogP contribution >= 0.6 is 0 Å². The number of nitrogen functional groups attached to an aromatic ring is 1. The number of benzene rings is 2. The molecule has 3 N–H and O–H groups in total. The summed E-state index contributed by atoms with van der Waals surface area (Å²) in [6.07, 6.45) is 1.60. The van der Waals surface area contributed by atoms with Gasteiger partial charge in [0.15, 0.2) is 11.4 Å². The molecule has 24 heavy (non-hydrogen) atoms. The van der Waals surface area contributed by atoms with E-state index >= 15 is 0 Å². The number of hydrogen-bond acceptors (Lipinski definition) is 5. The van der Waals surface area contributed by atoms with Crippen LogP contribution in [0.5, 0.6) is 11.5 Å². The third-order valence-electron chi connectivity index (χ3n) is 3.87. The first-order chi connectivity index (χ1) is 11.6. The van der Waals surface area contributed by atoms with Crippen molar-refractivity contribution in [1.82, 2.24) is 15.0 Å². The van der Waals surface area contributed by atoms with Gasteiger partial charge in [-0.2, -0.15) is 0 Å². The van der Waals surface area contributed by atoms with Crippen LogP contribution < -0.4 is 16.0 Å². The van der Waals surface area contributed by atoms with Crippen LogP contribution in [0.15, 0.2) is 53.5 Å². The largest absolute Gasteiger partial charge is 0.454 e. The average molecular weight is 318 g/mol. The lowest BCUT2D eigenvalue weighted by molar-refractivity contribution is 0.492. The first-order valence-corrected chi connectivity index (χ1v) is 7.44. The number of aromatic amines is 1. The maximum atomic E-state index is 11.9. The summed E-state index contributed by atoms with van der Waals surface area (Å²) in [5, 5.41) is 1.81. The first-order valence-electron chi connectivity index (χ1n) is 7.44. The highest BCUT2D eigenvalue weighted by Gasteiger charge is 2.11. The first kappa shape index (κ1) is 14.2. The minimum Gasteiger partial charge on any atom is -0.454 e. The van der Waals surface area contributed by atoms with Crippen molar-refractivity contribution >= 4 is 27.6 Å². The van der Waals surface area contributed by atoms with Gasteiger partial charge in [0.2, 0.25) is 0 Å². The molecule has 6 nitrogen and oxygen atoms in total. The summed E-state index contributed by atoms with van der Waals surface area (Å²) in [6, 6.07) is 13.0. The normalized spacial score (nSPS) is 11.0. The lowest BCUT2D eigenvalue weighted by atomic mass is 10.1. The number of nitrogens with zero attached hydrogens (tertiary/aromatic N) is 2. The molecule has 0 fully saturated rings. The van der Waals surface area contributed by atoms with Crippen LogP contribution in [-0.4, -0.2) is 15.0 Å². The van der Waals surface area contributed by atoms with Gasteiger partial charge >= 0.3 is 0 Å². The Morgan fingerprint density at radius 2 is 1.83 bits per heavy atom. The van der Waals surface area contributed by atoms with E-state index in [1.165, 1.54) is 0 Å². The lowest BCUT2D eigenvalue weighted by Gasteiger charge is -2.12. The van der Waals surface area contributed by atoms with Gasteiger partial charge < -0.3 is 15.5 Å². The van der Waals surface area contributed by atoms with Crippen molar-refractivity contribution in [3.63, 3.8) is 0 Å². The van der Waals surface area contributed by atoms with Crippen LogP contribution in [0.4, 0.5) is 5.69 Å². The lowest BCUT2D eigenvalue weighted by Crippen LogP contribution is -2.12. The Bertz CT molecular complexity index is 1130. The summed E-state index contributed by atoms with van der Waals surface area (Å²) >= 11 is 0. The number of anilines is 1. The maximum Gasteiger partial charge on any atom is 0.270 e. The van der Waals surface area contributed by atoms with Crippen molar-refractivity contribution in [1.29, 1.82) is 0 Å². The van der Waals surface area contributed by atoms with Crippen molar-refractivity contribution in [2.45, 2.75) is 6.92 Å².